The molecule has 1 heterocycles. The number of carboxylic acids is 1. The highest BCUT2D eigenvalue weighted by Crippen LogP contribution is 2.51. The Balaban J connectivity index is 2.23. The number of rotatable bonds is 8. The van der Waals surface area contributed by atoms with Crippen LogP contribution in [0.3, 0.4) is 0 Å². The molecular weight excluding hydrogens is 452 g/mol. The fraction of sp³-hybridized carbons (Fsp3) is 0.409. The van der Waals surface area contributed by atoms with Gasteiger partial charge in [-0.2, -0.15) is 0 Å². The van der Waals surface area contributed by atoms with Crippen molar-refractivity contribution in [3.05, 3.63) is 42.5 Å². The number of carbonyl (C=O) groups is 3. The van der Waals surface area contributed by atoms with Crippen LogP contribution < -0.4 is 5.73 Å². The van der Waals surface area contributed by atoms with E-state index >= 15 is 0 Å². The lowest BCUT2D eigenvalue weighted by molar-refractivity contribution is -0.143. The summed E-state index contributed by atoms with van der Waals surface area (Å²) in [6.45, 7) is 3.12. The number of sulfone groups is 1. The quantitative estimate of drug-likeness (QED) is 0.391. The van der Waals surface area contributed by atoms with Crippen molar-refractivity contribution >= 4 is 50.9 Å². The summed E-state index contributed by atoms with van der Waals surface area (Å²) < 4.78 is 26.1. The number of hydrogen-bond donors (Lipinski definition) is 3. The van der Waals surface area contributed by atoms with Gasteiger partial charge in [0.2, 0.25) is 15.6 Å². The zero-order valence-electron chi connectivity index (χ0n) is 17.8. The number of primary amides is 1. The number of carboxylic acid groups (broad SMARTS) is 1. The Morgan fingerprint density at radius 2 is 1.78 bits per heavy atom. The van der Waals surface area contributed by atoms with Crippen molar-refractivity contribution in [3.8, 4) is 0 Å². The average Bonchev–Trinajstić information content (AvgIpc) is 3.22. The van der Waals surface area contributed by atoms with E-state index in [1.807, 2.05) is 12.1 Å². The van der Waals surface area contributed by atoms with Crippen LogP contribution in [0.25, 0.3) is 10.8 Å². The van der Waals surface area contributed by atoms with E-state index in [0.29, 0.717) is 11.8 Å². The molecule has 2 aromatic carbocycles. The van der Waals surface area contributed by atoms with Gasteiger partial charge in [-0.05, 0) is 35.7 Å². The third-order valence-electron chi connectivity index (χ3n) is 6.09. The lowest BCUT2D eigenvalue weighted by Crippen LogP contribution is -2.62. The smallest absolute Gasteiger partial charge is 0.320 e. The monoisotopic (exact) mass is 478 g/mol. The van der Waals surface area contributed by atoms with Crippen molar-refractivity contribution in [2.45, 2.75) is 48.3 Å². The normalized spacial score (nSPS) is 19.5. The molecule has 1 aliphatic rings. The van der Waals surface area contributed by atoms with Gasteiger partial charge in [0.05, 0.1) is 4.90 Å². The number of Topliss-reactive ketones (excluding diaryl/α,β-unsaturated/α-hetero) is 1. The Morgan fingerprint density at radius 1 is 1.16 bits per heavy atom. The molecule has 2 atom stereocenters. The van der Waals surface area contributed by atoms with Crippen LogP contribution in [-0.4, -0.2) is 52.9 Å². The zero-order valence-corrected chi connectivity index (χ0v) is 19.5. The van der Waals surface area contributed by atoms with E-state index in [1.165, 1.54) is 30.9 Å². The van der Waals surface area contributed by atoms with Crippen molar-refractivity contribution in [1.29, 1.82) is 0 Å². The summed E-state index contributed by atoms with van der Waals surface area (Å²) in [4.78, 5) is 36.9. The van der Waals surface area contributed by atoms with Gasteiger partial charge in [0, 0.05) is 18.4 Å². The number of amides is 1. The van der Waals surface area contributed by atoms with Crippen LogP contribution in [0.4, 0.5) is 0 Å². The van der Waals surface area contributed by atoms with Crippen LogP contribution in [0.15, 0.2) is 47.4 Å². The number of carbonyl (C=O) groups excluding carboxylic acids is 2. The summed E-state index contributed by atoms with van der Waals surface area (Å²) in [5.41, 5.74) is 3.66. The fourth-order valence-corrected chi connectivity index (χ4v) is 7.22. The molecule has 172 valence electrons. The minimum atomic E-state index is -4.35. The summed E-state index contributed by atoms with van der Waals surface area (Å²) in [5.74, 6) is -3.31. The lowest BCUT2D eigenvalue weighted by Gasteiger charge is -2.49. The molecule has 0 radical (unpaired) electrons. The van der Waals surface area contributed by atoms with Gasteiger partial charge in [0.15, 0.2) is 4.20 Å². The first kappa shape index (κ1) is 24.2. The Kier molecular flexibility index (Phi) is 6.43. The Hall–Kier alpha value is -2.43. The maximum Gasteiger partial charge on any atom is 0.320 e. The van der Waals surface area contributed by atoms with Gasteiger partial charge in [-0.25, -0.2) is 8.42 Å². The van der Waals surface area contributed by atoms with Gasteiger partial charge in [0.25, 0.3) is 5.91 Å². The van der Waals surface area contributed by atoms with Crippen molar-refractivity contribution < 1.29 is 27.9 Å². The minimum absolute atomic E-state index is 0.0539. The van der Waals surface area contributed by atoms with Crippen LogP contribution in [0.2, 0.25) is 0 Å². The van der Waals surface area contributed by atoms with Gasteiger partial charge in [-0.15, -0.1) is 12.6 Å². The topological polar surface area (TPSA) is 135 Å². The fourth-order valence-electron chi connectivity index (χ4n) is 4.40. The standard InChI is InChI=1S/C22H26N2O6S2/c1-21(2,13-18(25)19(23)26)22(31,24-11-5-8-17(24)20(27)28)32(29,30)16-10-9-14-6-3-4-7-15(14)12-16/h3-4,6-7,9-10,12,17,31H,5,8,11,13H2,1-2H3,(H2,23,26)(H,27,28). The number of benzene rings is 2. The van der Waals surface area contributed by atoms with E-state index in [-0.39, 0.29) is 17.9 Å². The molecule has 0 spiro atoms. The third kappa shape index (κ3) is 3.91. The van der Waals surface area contributed by atoms with E-state index in [0.717, 1.165) is 5.39 Å². The number of likely N-dealkylation sites (tertiary alicyclic amines) is 1. The molecule has 32 heavy (non-hydrogen) atoms. The highest BCUT2D eigenvalue weighted by molar-refractivity contribution is 8.06. The molecule has 2 aromatic rings. The molecular formula is C22H26N2O6S2. The first-order valence-corrected chi connectivity index (χ1v) is 12.0. The summed E-state index contributed by atoms with van der Waals surface area (Å²) in [6, 6.07) is 10.7. The second-order valence-corrected chi connectivity index (χ2v) is 11.7. The molecule has 0 aliphatic carbocycles. The molecule has 1 aliphatic heterocycles. The van der Waals surface area contributed by atoms with E-state index in [1.54, 1.807) is 18.2 Å². The molecule has 10 heteroatoms. The first-order valence-electron chi connectivity index (χ1n) is 10.1. The number of fused-ring (bicyclic) bond motifs is 1. The summed E-state index contributed by atoms with van der Waals surface area (Å²) >= 11 is 4.65. The summed E-state index contributed by atoms with van der Waals surface area (Å²) in [6.07, 6.45) is 0.179. The molecule has 3 rings (SSSR count). The Labute approximate surface area is 192 Å². The number of ketones is 1. The van der Waals surface area contributed by atoms with Crippen LogP contribution in [-0.2, 0) is 24.2 Å². The van der Waals surface area contributed by atoms with Gasteiger partial charge >= 0.3 is 5.97 Å². The molecule has 3 N–H and O–H groups in total. The van der Waals surface area contributed by atoms with E-state index < -0.39 is 49.6 Å². The van der Waals surface area contributed by atoms with Gasteiger partial charge < -0.3 is 10.8 Å². The van der Waals surface area contributed by atoms with E-state index in [4.69, 9.17) is 5.73 Å². The molecule has 8 nitrogen and oxygen atoms in total. The molecule has 2 unspecified atom stereocenters. The number of hydrogen-bond acceptors (Lipinski definition) is 7. The lowest BCUT2D eigenvalue weighted by atomic mass is 9.85. The molecule has 0 saturated carbocycles. The molecule has 0 aromatic heterocycles. The van der Waals surface area contributed by atoms with Gasteiger partial charge in [-0.3, -0.25) is 19.3 Å². The highest BCUT2D eigenvalue weighted by atomic mass is 32.2. The average molecular weight is 479 g/mol. The summed E-state index contributed by atoms with van der Waals surface area (Å²) in [5, 5.41) is 11.3. The third-order valence-corrected chi connectivity index (χ3v) is 10.1. The Morgan fingerprint density at radius 3 is 2.38 bits per heavy atom. The molecule has 0 bridgehead atoms. The van der Waals surface area contributed by atoms with Crippen LogP contribution in [0, 0.1) is 5.41 Å². The van der Waals surface area contributed by atoms with Crippen molar-refractivity contribution in [3.63, 3.8) is 0 Å². The number of aliphatic carboxylic acids is 1. The van der Waals surface area contributed by atoms with Crippen LogP contribution in [0.5, 0.6) is 0 Å². The van der Waals surface area contributed by atoms with Crippen molar-refractivity contribution in [2.75, 3.05) is 6.54 Å². The maximum absolute atomic E-state index is 14.1. The summed E-state index contributed by atoms with van der Waals surface area (Å²) in [7, 11) is -4.35. The van der Waals surface area contributed by atoms with Crippen molar-refractivity contribution in [1.82, 2.24) is 4.90 Å². The number of nitrogens with two attached hydrogens (primary N) is 1. The minimum Gasteiger partial charge on any atom is -0.480 e. The number of thiol groups is 1. The predicted octanol–water partition coefficient (Wildman–Crippen LogP) is 2.22. The second kappa shape index (κ2) is 8.49. The van der Waals surface area contributed by atoms with Crippen LogP contribution in [0.1, 0.15) is 33.1 Å². The van der Waals surface area contributed by atoms with Gasteiger partial charge in [-0.1, -0.05) is 44.2 Å². The number of nitrogens with zero attached hydrogens (tertiary/aromatic N) is 1. The first-order chi connectivity index (χ1) is 14.8. The maximum atomic E-state index is 14.1. The Bertz CT molecular complexity index is 1190. The molecule has 1 saturated heterocycles. The second-order valence-electron chi connectivity index (χ2n) is 8.66. The molecule has 1 amide bonds. The predicted molar refractivity (Wildman–Crippen MR) is 123 cm³/mol. The van der Waals surface area contributed by atoms with Crippen LogP contribution >= 0.6 is 12.6 Å². The SMILES string of the molecule is CC(C)(CC(=O)C(N)=O)C(S)(N1CCCC1C(=O)O)S(=O)(=O)c1ccc2ccccc2c1. The van der Waals surface area contributed by atoms with Crippen molar-refractivity contribution in [2.24, 2.45) is 11.1 Å². The zero-order chi connectivity index (χ0) is 23.9. The highest BCUT2D eigenvalue weighted by Gasteiger charge is 2.61. The largest absolute Gasteiger partial charge is 0.480 e. The van der Waals surface area contributed by atoms with Gasteiger partial charge in [0.1, 0.15) is 6.04 Å². The van der Waals surface area contributed by atoms with E-state index in [9.17, 15) is 27.9 Å². The molecule has 1 fully saturated rings. The van der Waals surface area contributed by atoms with E-state index in [2.05, 4.69) is 12.6 Å².